The first-order valence-electron chi connectivity index (χ1n) is 10.8. The molecule has 0 saturated carbocycles. The van der Waals surface area contributed by atoms with E-state index >= 15 is 0 Å². The summed E-state index contributed by atoms with van der Waals surface area (Å²) in [6, 6.07) is 8.18. The third kappa shape index (κ3) is 5.21. The fourth-order valence-corrected chi connectivity index (χ4v) is 3.65. The molecule has 0 spiro atoms. The van der Waals surface area contributed by atoms with Crippen LogP contribution in [0, 0.1) is 0 Å². The highest BCUT2D eigenvalue weighted by Gasteiger charge is 2.22. The van der Waals surface area contributed by atoms with Crippen molar-refractivity contribution >= 4 is 28.8 Å². The molecule has 184 valence electrons. The van der Waals surface area contributed by atoms with Crippen LogP contribution in [0.5, 0.6) is 17.2 Å². The average molecular weight is 481 g/mol. The Kier molecular flexibility index (Phi) is 7.34. The van der Waals surface area contributed by atoms with Gasteiger partial charge in [-0.05, 0) is 47.4 Å². The number of hydrogen-bond donors (Lipinski definition) is 0. The van der Waals surface area contributed by atoms with Crippen molar-refractivity contribution in [3.63, 3.8) is 0 Å². The Labute approximate surface area is 203 Å². The number of hydrogen-bond acceptors (Lipinski definition) is 8. The lowest BCUT2D eigenvalue weighted by molar-refractivity contribution is 0.0596. The Morgan fingerprint density at radius 1 is 0.886 bits per heavy atom. The quantitative estimate of drug-likeness (QED) is 0.206. The van der Waals surface area contributed by atoms with Gasteiger partial charge in [-0.25, -0.2) is 9.59 Å². The molecule has 0 N–H and O–H groups in total. The van der Waals surface area contributed by atoms with Crippen LogP contribution in [0.4, 0.5) is 0 Å². The summed E-state index contributed by atoms with van der Waals surface area (Å²) < 4.78 is 26.2. The van der Waals surface area contributed by atoms with E-state index in [-0.39, 0.29) is 16.8 Å². The Balaban J connectivity index is 2.10. The van der Waals surface area contributed by atoms with Crippen LogP contribution in [0.2, 0.25) is 0 Å². The van der Waals surface area contributed by atoms with Crippen molar-refractivity contribution in [2.24, 2.45) is 0 Å². The van der Waals surface area contributed by atoms with Gasteiger partial charge in [0.05, 0.1) is 28.4 Å². The van der Waals surface area contributed by atoms with E-state index < -0.39 is 11.6 Å². The Bertz CT molecular complexity index is 1350. The SMILES string of the molecule is COC(=O)c1cc2cc(C=CC(=O)c3cc(OC)c(OC)c(OC)c3)cc(C(C)(C)C)c2oc1=O. The molecule has 0 saturated heterocycles. The fraction of sp³-hybridized carbons (Fsp3) is 0.296. The lowest BCUT2D eigenvalue weighted by Crippen LogP contribution is -2.17. The van der Waals surface area contributed by atoms with E-state index in [0.717, 1.165) is 5.56 Å². The van der Waals surface area contributed by atoms with Crippen LogP contribution in [-0.2, 0) is 10.2 Å². The molecular formula is C27H28O8. The fourth-order valence-electron chi connectivity index (χ4n) is 3.65. The second-order valence-electron chi connectivity index (χ2n) is 8.79. The molecule has 35 heavy (non-hydrogen) atoms. The van der Waals surface area contributed by atoms with Crippen LogP contribution in [0.25, 0.3) is 17.0 Å². The standard InChI is InChI=1S/C27H28O8/c1-27(2,3)19-11-15(10-17-12-18(25(29)34-7)26(30)35-23(17)19)8-9-20(28)16-13-21(31-4)24(33-6)22(14-16)32-5/h8-14H,1-7H3. The molecule has 1 heterocycles. The molecule has 0 radical (unpaired) electrons. The average Bonchev–Trinajstić information content (AvgIpc) is 2.84. The molecule has 8 nitrogen and oxygen atoms in total. The van der Waals surface area contributed by atoms with E-state index in [1.54, 1.807) is 24.3 Å². The Hall–Kier alpha value is -4.07. The highest BCUT2D eigenvalue weighted by molar-refractivity contribution is 6.07. The molecule has 0 fully saturated rings. The molecule has 1 aromatic heterocycles. The molecule has 0 atom stereocenters. The molecule has 0 aliphatic heterocycles. The number of rotatable bonds is 7. The number of benzene rings is 2. The van der Waals surface area contributed by atoms with Crippen molar-refractivity contribution in [2.75, 3.05) is 28.4 Å². The van der Waals surface area contributed by atoms with E-state index in [2.05, 4.69) is 4.74 Å². The van der Waals surface area contributed by atoms with Gasteiger partial charge in [-0.1, -0.05) is 26.8 Å². The largest absolute Gasteiger partial charge is 0.493 e. The molecule has 3 aromatic rings. The number of carbonyl (C=O) groups excluding carboxylic acids is 2. The van der Waals surface area contributed by atoms with Gasteiger partial charge < -0.3 is 23.4 Å². The lowest BCUT2D eigenvalue weighted by atomic mass is 9.84. The van der Waals surface area contributed by atoms with Gasteiger partial charge in [0.15, 0.2) is 17.3 Å². The van der Waals surface area contributed by atoms with Gasteiger partial charge >= 0.3 is 11.6 Å². The molecule has 0 aliphatic carbocycles. The molecule has 0 unspecified atom stereocenters. The summed E-state index contributed by atoms with van der Waals surface area (Å²) in [6.07, 6.45) is 3.08. The monoisotopic (exact) mass is 480 g/mol. The van der Waals surface area contributed by atoms with E-state index in [0.29, 0.717) is 39.3 Å². The van der Waals surface area contributed by atoms with Crippen LogP contribution in [-0.4, -0.2) is 40.2 Å². The first-order valence-corrected chi connectivity index (χ1v) is 10.8. The third-order valence-corrected chi connectivity index (χ3v) is 5.44. The Morgan fingerprint density at radius 2 is 1.51 bits per heavy atom. The highest BCUT2D eigenvalue weighted by atomic mass is 16.5. The highest BCUT2D eigenvalue weighted by Crippen LogP contribution is 2.38. The molecule has 0 bridgehead atoms. The van der Waals surface area contributed by atoms with Crippen LogP contribution >= 0.6 is 0 Å². The molecule has 0 amide bonds. The van der Waals surface area contributed by atoms with Gasteiger partial charge in [-0.2, -0.15) is 0 Å². The van der Waals surface area contributed by atoms with E-state index in [1.807, 2.05) is 26.8 Å². The van der Waals surface area contributed by atoms with Gasteiger partial charge in [0, 0.05) is 16.5 Å². The summed E-state index contributed by atoms with van der Waals surface area (Å²) in [5, 5.41) is 0.539. The minimum atomic E-state index is -0.781. The molecule has 2 aromatic carbocycles. The normalized spacial score (nSPS) is 11.5. The molecule has 0 aliphatic rings. The van der Waals surface area contributed by atoms with Gasteiger partial charge in [0.1, 0.15) is 11.1 Å². The predicted molar refractivity (Wildman–Crippen MR) is 132 cm³/mol. The smallest absolute Gasteiger partial charge is 0.351 e. The van der Waals surface area contributed by atoms with Crippen molar-refractivity contribution in [2.45, 2.75) is 26.2 Å². The molecule has 3 rings (SSSR count). The number of ether oxygens (including phenoxy) is 4. The second kappa shape index (κ2) is 10.0. The van der Waals surface area contributed by atoms with Crippen LogP contribution < -0.4 is 19.8 Å². The first kappa shape index (κ1) is 25.6. The number of allylic oxidation sites excluding steroid dienone is 1. The van der Waals surface area contributed by atoms with E-state index in [9.17, 15) is 14.4 Å². The van der Waals surface area contributed by atoms with Crippen molar-refractivity contribution in [1.82, 2.24) is 0 Å². The van der Waals surface area contributed by atoms with E-state index in [1.165, 1.54) is 40.6 Å². The second-order valence-corrected chi connectivity index (χ2v) is 8.79. The summed E-state index contributed by atoms with van der Waals surface area (Å²) in [5.41, 5.74) is 0.822. The summed E-state index contributed by atoms with van der Waals surface area (Å²) >= 11 is 0. The zero-order valence-electron chi connectivity index (χ0n) is 20.8. The number of esters is 1. The lowest BCUT2D eigenvalue weighted by Gasteiger charge is -2.21. The summed E-state index contributed by atoms with van der Waals surface area (Å²) in [6.45, 7) is 5.93. The van der Waals surface area contributed by atoms with Crippen LogP contribution in [0.3, 0.4) is 0 Å². The van der Waals surface area contributed by atoms with Gasteiger partial charge in [0.25, 0.3) is 0 Å². The summed E-state index contributed by atoms with van der Waals surface area (Å²) in [5.74, 6) is 0.0696. The van der Waals surface area contributed by atoms with Gasteiger partial charge in [0.2, 0.25) is 5.75 Å². The zero-order valence-corrected chi connectivity index (χ0v) is 20.8. The summed E-state index contributed by atoms with van der Waals surface area (Å²) in [7, 11) is 5.64. The topological polar surface area (TPSA) is 101 Å². The maximum atomic E-state index is 13.0. The van der Waals surface area contributed by atoms with Crippen molar-refractivity contribution in [1.29, 1.82) is 0 Å². The number of carbonyl (C=O) groups is 2. The number of methoxy groups -OCH3 is 4. The van der Waals surface area contributed by atoms with Gasteiger partial charge in [-0.15, -0.1) is 0 Å². The zero-order chi connectivity index (χ0) is 25.9. The van der Waals surface area contributed by atoms with Crippen molar-refractivity contribution in [3.8, 4) is 17.2 Å². The van der Waals surface area contributed by atoms with Crippen molar-refractivity contribution < 1.29 is 33.0 Å². The van der Waals surface area contributed by atoms with E-state index in [4.69, 9.17) is 18.6 Å². The van der Waals surface area contributed by atoms with Gasteiger partial charge in [-0.3, -0.25) is 4.79 Å². The van der Waals surface area contributed by atoms with Crippen LogP contribution in [0.1, 0.15) is 52.6 Å². The minimum Gasteiger partial charge on any atom is -0.493 e. The predicted octanol–water partition coefficient (Wildman–Crippen LogP) is 4.80. The molecular weight excluding hydrogens is 452 g/mol. The van der Waals surface area contributed by atoms with Crippen molar-refractivity contribution in [3.05, 3.63) is 69.1 Å². The Morgan fingerprint density at radius 3 is 2.03 bits per heavy atom. The molecule has 8 heteroatoms. The first-order chi connectivity index (χ1) is 16.5. The summed E-state index contributed by atoms with van der Waals surface area (Å²) in [4.78, 5) is 37.3. The van der Waals surface area contributed by atoms with Crippen LogP contribution in [0.15, 0.2) is 45.6 Å². The maximum absolute atomic E-state index is 13.0. The third-order valence-electron chi connectivity index (χ3n) is 5.44. The number of ketones is 1. The minimum absolute atomic E-state index is 0.200. The number of fused-ring (bicyclic) bond motifs is 1. The maximum Gasteiger partial charge on any atom is 0.351 e.